The van der Waals surface area contributed by atoms with Gasteiger partial charge in [-0.25, -0.2) is 0 Å². The van der Waals surface area contributed by atoms with E-state index in [0.29, 0.717) is 106 Å². The summed E-state index contributed by atoms with van der Waals surface area (Å²) in [6.07, 6.45) is 14.2. The summed E-state index contributed by atoms with van der Waals surface area (Å²) >= 11 is 0. The molecule has 11 atom stereocenters. The Morgan fingerprint density at radius 2 is 0.553 bits per heavy atom. The lowest BCUT2D eigenvalue weighted by Gasteiger charge is -2.36. The van der Waals surface area contributed by atoms with Gasteiger partial charge < -0.3 is 115 Å². The maximum Gasteiger partial charge on any atom is 0.192 e. The van der Waals surface area contributed by atoms with Crippen molar-refractivity contribution in [3.63, 3.8) is 0 Å². The zero-order chi connectivity index (χ0) is 108. The van der Waals surface area contributed by atoms with E-state index in [2.05, 4.69) is 160 Å². The van der Waals surface area contributed by atoms with Gasteiger partial charge in [-0.05, 0) is 155 Å². The van der Waals surface area contributed by atoms with E-state index in [1.54, 1.807) is 73.0 Å². The van der Waals surface area contributed by atoms with Crippen molar-refractivity contribution in [1.82, 2.24) is 0 Å². The fourth-order valence-electron chi connectivity index (χ4n) is 9.05. The van der Waals surface area contributed by atoms with Crippen molar-refractivity contribution in [1.29, 1.82) is 0 Å². The normalized spacial score (nSPS) is 13.3. The van der Waals surface area contributed by atoms with Crippen molar-refractivity contribution < 1.29 is 115 Å². The van der Waals surface area contributed by atoms with Crippen LogP contribution >= 0.6 is 0 Å². The minimum Gasteiger partial charge on any atom is -0.497 e. The van der Waals surface area contributed by atoms with Gasteiger partial charge in [-0.1, -0.05) is 242 Å². The van der Waals surface area contributed by atoms with E-state index < -0.39 is 61.6 Å². The summed E-state index contributed by atoms with van der Waals surface area (Å²) in [4.78, 5) is 0. The summed E-state index contributed by atoms with van der Waals surface area (Å²) in [7, 11) is 5.01. The third-order valence-electron chi connectivity index (χ3n) is 19.9. The first-order valence-corrected chi connectivity index (χ1v) is 56.6. The molecule has 0 spiro atoms. The SMILES string of the molecule is C=CC(COC)OC.C=CC(COC)OC.C=CC(COCC)OCC.C=CC(COCc1ccc(OC)cc1)OCc1ccc(OC)cc1.C=CC(COCc1ccccc1)OCc1ccccc1.C=CC(O)COC(C)(C)C.C=CC(O)COCc1ccccc1.C=CC(O)CO[Si](C)(C)C.C=CC(O)CO[Si](C)(C)C(C)(C)C.C=CC(O)CO[Si](C)(C)C(C)(C)C.C=CC(O)COc1ccccc1. The van der Waals surface area contributed by atoms with E-state index in [9.17, 15) is 10.2 Å². The van der Waals surface area contributed by atoms with Crippen LogP contribution in [0.25, 0.3) is 0 Å². The van der Waals surface area contributed by atoms with Crippen molar-refractivity contribution in [3.05, 3.63) is 337 Å². The van der Waals surface area contributed by atoms with Crippen LogP contribution in [-0.2, 0) is 103 Å². The number of benzene rings is 6. The van der Waals surface area contributed by atoms with Gasteiger partial charge >= 0.3 is 0 Å². The molecule has 6 N–H and O–H groups in total. The lowest BCUT2D eigenvalue weighted by molar-refractivity contribution is -0.0366. The third kappa shape index (κ3) is 84.7. The monoisotopic (exact) mass is 2020 g/mol. The highest BCUT2D eigenvalue weighted by Crippen LogP contribution is 2.38. The molecule has 27 heteroatoms. The van der Waals surface area contributed by atoms with Crippen LogP contribution in [0.2, 0.25) is 55.9 Å². The fraction of sp³-hybridized carbons (Fsp3) is 0.491. The van der Waals surface area contributed by atoms with E-state index in [-0.39, 0.29) is 52.8 Å². The standard InChI is InChI=1S/C20H24O4.C18H20O2.C11H14O2.2C10H22O2Si.C10H12O2.2C8H16O2.C7H16O2Si.2C6H12O2/c1-4-18(24-14-17-7-11-20(22-3)12-8-17)15-23-13-16-5-9-19(21-2)10-6-16;1-2-18(20-14-17-11-7-4-8-12-17)15-19-13-16-9-5-3-6-10-16;1-2-11(12)9-13-8-10-6-4-3-5-7-10;2*1-7-9(11)8-12-13(5,6)10(2,3)4;1-2-9(11)8-12-10-6-4-3-5-7-10;1-5-7(9)6-10-8(2,3)4;1-4-8(10-6-3)7-9-5-2;1-5-7(8)6-9-10(2,3)4;2*1-4-6(8-3)5-7-2/h4-12,18H,1,13-15H2,2-3H3;2-12,18H,1,13-15H2;2-7,11-12H,1,8-9H2;2*7,9,11H,1,8H2,2-6H3;2-7,9,11H,1,8H2;5,7,9H,1,6H2,2-4H3;4,8H,1,5-7H2,2-3H3;5,7-8H,1,6H2,2-4H3;2*4,6H,1,5H2,2-3H3. The molecule has 11 unspecified atom stereocenters. The van der Waals surface area contributed by atoms with Crippen LogP contribution in [0, 0.1) is 0 Å². The average Bonchev–Trinajstić information content (AvgIpc) is 0.844. The van der Waals surface area contributed by atoms with E-state index in [0.717, 1.165) is 46.1 Å². The Bertz CT molecular complexity index is 3880. The minimum atomic E-state index is -1.69. The first kappa shape index (κ1) is 141. The molecular formula is C114H186O24Si3. The number of ether oxygens (including phenoxy) is 15. The Labute approximate surface area is 855 Å². The molecule has 6 aromatic carbocycles. The number of aliphatic hydroxyl groups excluding tert-OH is 6. The molecule has 0 saturated heterocycles. The summed E-state index contributed by atoms with van der Waals surface area (Å²) in [5, 5.41) is 55.1. The van der Waals surface area contributed by atoms with Gasteiger partial charge in [0.05, 0.1) is 180 Å². The van der Waals surface area contributed by atoms with Crippen LogP contribution < -0.4 is 14.2 Å². The first-order valence-electron chi connectivity index (χ1n) is 47.4. The Balaban J connectivity index is -0.000000490. The van der Waals surface area contributed by atoms with Crippen LogP contribution in [0.3, 0.4) is 0 Å². The fourth-order valence-corrected chi connectivity index (χ4v) is 11.8. The van der Waals surface area contributed by atoms with E-state index in [1.807, 2.05) is 204 Å². The van der Waals surface area contributed by atoms with Gasteiger partial charge in [0.15, 0.2) is 25.0 Å². The second kappa shape index (κ2) is 88.2. The molecule has 24 nitrogen and oxygen atoms in total. The molecule has 0 aliphatic heterocycles. The molecule has 0 aliphatic rings. The molecule has 6 aromatic rings. The highest BCUT2D eigenvalue weighted by atomic mass is 28.4. The maximum absolute atomic E-state index is 9.27. The highest BCUT2D eigenvalue weighted by Gasteiger charge is 2.38. The zero-order valence-electron chi connectivity index (χ0n) is 90.4. The van der Waals surface area contributed by atoms with E-state index in [4.69, 9.17) is 105 Å². The predicted molar refractivity (Wildman–Crippen MR) is 590 cm³/mol. The molecule has 0 bridgehead atoms. The Morgan fingerprint density at radius 1 is 0.277 bits per heavy atom. The predicted octanol–water partition coefficient (Wildman–Crippen LogP) is 22.5. The van der Waals surface area contributed by atoms with Crippen LogP contribution in [0.1, 0.15) is 104 Å². The molecule has 0 heterocycles. The molecule has 0 fully saturated rings. The molecule has 0 aromatic heterocycles. The lowest BCUT2D eigenvalue weighted by Crippen LogP contribution is -2.42. The summed E-state index contributed by atoms with van der Waals surface area (Å²) < 4.78 is 95.7. The van der Waals surface area contributed by atoms with Gasteiger partial charge in [0.25, 0.3) is 0 Å². The summed E-state index contributed by atoms with van der Waals surface area (Å²) in [6, 6.07) is 55.1. The maximum atomic E-state index is 9.27. The average molecular weight is 2020 g/mol. The van der Waals surface area contributed by atoms with Gasteiger partial charge in [-0.3, -0.25) is 0 Å². The second-order valence-electron chi connectivity index (χ2n) is 36.1. The summed E-state index contributed by atoms with van der Waals surface area (Å²) in [5.74, 6) is 2.44. The van der Waals surface area contributed by atoms with E-state index in [1.165, 1.54) is 42.0 Å². The minimum absolute atomic E-state index is 0.0417. The molecule has 0 amide bonds. The number of aliphatic hydroxyl groups is 6. The van der Waals surface area contributed by atoms with Gasteiger partial charge in [0.1, 0.15) is 30.0 Å². The second-order valence-corrected chi connectivity index (χ2v) is 50.3. The van der Waals surface area contributed by atoms with Crippen molar-refractivity contribution >= 4 is 25.0 Å². The smallest absolute Gasteiger partial charge is 0.192 e. The number of hydrogen-bond donors (Lipinski definition) is 6. The van der Waals surface area contributed by atoms with Gasteiger partial charge in [0, 0.05) is 41.7 Å². The van der Waals surface area contributed by atoms with Gasteiger partial charge in [-0.15, -0.1) is 72.4 Å². The van der Waals surface area contributed by atoms with Crippen LogP contribution in [-0.4, -0.2) is 257 Å². The molecule has 141 heavy (non-hydrogen) atoms. The van der Waals surface area contributed by atoms with Crippen molar-refractivity contribution in [2.24, 2.45) is 0 Å². The van der Waals surface area contributed by atoms with E-state index >= 15 is 0 Å². The summed E-state index contributed by atoms with van der Waals surface area (Å²) in [6.45, 7) is 85.9. The Kier molecular flexibility index (Phi) is 88.3. The molecule has 0 saturated carbocycles. The van der Waals surface area contributed by atoms with Crippen LogP contribution in [0.15, 0.2) is 309 Å². The first-order chi connectivity index (χ1) is 66.6. The van der Waals surface area contributed by atoms with Gasteiger partial charge in [0.2, 0.25) is 0 Å². The number of para-hydroxylation sites is 1. The molecule has 6 rings (SSSR count). The molecule has 0 radical (unpaired) electrons. The molecule has 798 valence electrons. The lowest BCUT2D eigenvalue weighted by atomic mass is 10.2. The Morgan fingerprint density at radius 3 is 0.830 bits per heavy atom. The number of hydrogen-bond acceptors (Lipinski definition) is 24. The largest absolute Gasteiger partial charge is 0.497 e. The number of rotatable bonds is 56. The Hall–Kier alpha value is -8.33. The topological polar surface area (TPSA) is 288 Å². The van der Waals surface area contributed by atoms with Crippen molar-refractivity contribution in [2.75, 3.05) is 129 Å². The third-order valence-corrected chi connectivity index (χ3v) is 29.9. The van der Waals surface area contributed by atoms with Crippen molar-refractivity contribution in [2.45, 2.75) is 238 Å². The van der Waals surface area contributed by atoms with Crippen LogP contribution in [0.5, 0.6) is 17.2 Å². The zero-order valence-corrected chi connectivity index (χ0v) is 93.4. The van der Waals surface area contributed by atoms with Gasteiger partial charge in [-0.2, -0.15) is 0 Å². The number of methoxy groups -OCH3 is 6. The quantitative estimate of drug-likeness (QED) is 0.0153. The van der Waals surface area contributed by atoms with Crippen molar-refractivity contribution in [3.8, 4) is 17.2 Å². The summed E-state index contributed by atoms with van der Waals surface area (Å²) in [5.41, 5.74) is 5.43. The highest BCUT2D eigenvalue weighted by molar-refractivity contribution is 6.74. The van der Waals surface area contributed by atoms with Crippen LogP contribution in [0.4, 0.5) is 0 Å². The molecule has 0 aliphatic carbocycles. The molecular weight excluding hydrogens is 1840 g/mol.